The fraction of sp³-hybridized carbons (Fsp3) is 0.789. The van der Waals surface area contributed by atoms with E-state index in [1.54, 1.807) is 7.11 Å². The Kier molecular flexibility index (Phi) is 8.27. The van der Waals surface area contributed by atoms with Gasteiger partial charge in [-0.05, 0) is 65.0 Å². The third-order valence-corrected chi connectivity index (χ3v) is 7.11. The van der Waals surface area contributed by atoms with Crippen LogP contribution >= 0.6 is 0 Å². The van der Waals surface area contributed by atoms with E-state index < -0.39 is 24.9 Å². The van der Waals surface area contributed by atoms with Gasteiger partial charge in [-0.2, -0.15) is 4.98 Å². The highest BCUT2D eigenvalue weighted by Gasteiger charge is 2.40. The van der Waals surface area contributed by atoms with Gasteiger partial charge in [0.15, 0.2) is 24.9 Å². The quantitative estimate of drug-likeness (QED) is 0.433. The van der Waals surface area contributed by atoms with Crippen molar-refractivity contribution in [2.45, 2.75) is 83.8 Å². The maximum Gasteiger partial charge on any atom is 0.231 e. The molecule has 1 N–H and O–H groups in total. The van der Waals surface area contributed by atoms with Gasteiger partial charge in [-0.15, -0.1) is 0 Å². The number of rotatable bonds is 9. The Labute approximate surface area is 184 Å². The maximum absolute atomic E-state index is 6.47. The molecule has 1 aromatic rings. The molecule has 1 aromatic heterocycles. The second-order valence-corrected chi connectivity index (χ2v) is 24.2. The van der Waals surface area contributed by atoms with Crippen LogP contribution in [-0.4, -0.2) is 60.3 Å². The highest BCUT2D eigenvalue weighted by molar-refractivity contribution is 6.74. The molecule has 8 nitrogen and oxygen atoms in total. The Balaban J connectivity index is 2.31. The summed E-state index contributed by atoms with van der Waals surface area (Å²) in [6.07, 6.45) is 2.37. The summed E-state index contributed by atoms with van der Waals surface area (Å²) in [4.78, 5) is 9.84. The molecule has 1 aliphatic heterocycles. The smallest absolute Gasteiger partial charge is 0.231 e. The molecule has 1 aliphatic rings. The number of anilines is 1. The average molecular weight is 473 g/mol. The standard InChI is InChI=1S/C19H40N4O4Si3/c1-24-21-19-20-17(22-28(2,3)4)11-12-23(19)18-13-15(27-30(8,9)10)16(26-18)14-25-29(5,6)7/h11-12,15-16,18H,13-14H2,1-10H3,(H,20,21,22). The molecular weight excluding hydrogens is 432 g/mol. The van der Waals surface area contributed by atoms with Crippen LogP contribution in [0.3, 0.4) is 0 Å². The number of nitrogens with one attached hydrogen (secondary N) is 1. The summed E-state index contributed by atoms with van der Waals surface area (Å²) >= 11 is 0. The Morgan fingerprint density at radius 1 is 1.13 bits per heavy atom. The lowest BCUT2D eigenvalue weighted by Crippen LogP contribution is -2.40. The minimum Gasteiger partial charge on any atom is -0.415 e. The van der Waals surface area contributed by atoms with E-state index in [1.807, 2.05) is 16.8 Å². The van der Waals surface area contributed by atoms with E-state index in [4.69, 9.17) is 23.1 Å². The van der Waals surface area contributed by atoms with Crippen molar-refractivity contribution in [2.24, 2.45) is 4.66 Å². The normalized spacial score (nSPS) is 23.8. The van der Waals surface area contributed by atoms with Gasteiger partial charge in [-0.3, -0.25) is 9.40 Å². The monoisotopic (exact) mass is 472 g/mol. The predicted octanol–water partition coefficient (Wildman–Crippen LogP) is 3.95. The second-order valence-electron chi connectivity index (χ2n) is 10.7. The van der Waals surface area contributed by atoms with Crippen molar-refractivity contribution in [3.63, 3.8) is 0 Å². The van der Waals surface area contributed by atoms with Gasteiger partial charge < -0.3 is 18.2 Å². The number of hydrogen-bond acceptors (Lipinski definition) is 7. The Hall–Kier alpha value is -0.829. The molecule has 0 saturated carbocycles. The number of ether oxygens (including phenoxy) is 1. The lowest BCUT2D eigenvalue weighted by Gasteiger charge is -2.28. The molecule has 172 valence electrons. The molecular formula is C19H40N4O4Si3. The molecule has 0 radical (unpaired) electrons. The lowest BCUT2D eigenvalue weighted by atomic mass is 10.2. The largest absolute Gasteiger partial charge is 0.415 e. The molecule has 0 aliphatic carbocycles. The van der Waals surface area contributed by atoms with Crippen molar-refractivity contribution in [1.82, 2.24) is 9.55 Å². The van der Waals surface area contributed by atoms with Crippen LogP contribution in [0.15, 0.2) is 16.9 Å². The molecule has 1 fully saturated rings. The van der Waals surface area contributed by atoms with Gasteiger partial charge in [0.25, 0.3) is 0 Å². The van der Waals surface area contributed by atoms with Crippen LogP contribution in [0.4, 0.5) is 5.95 Å². The summed E-state index contributed by atoms with van der Waals surface area (Å²) < 4.78 is 25.8. The first kappa shape index (κ1) is 25.4. The molecule has 3 atom stereocenters. The summed E-state index contributed by atoms with van der Waals surface area (Å²) in [5.74, 6) is 0.570. The minimum absolute atomic E-state index is 0.00717. The zero-order valence-electron chi connectivity index (χ0n) is 20.3. The topological polar surface area (TPSA) is 79.1 Å². The summed E-state index contributed by atoms with van der Waals surface area (Å²) in [6.45, 7) is 20.3. The van der Waals surface area contributed by atoms with Crippen LogP contribution in [0.5, 0.6) is 0 Å². The second kappa shape index (κ2) is 9.76. The molecule has 0 aromatic carbocycles. The molecule has 0 amide bonds. The molecule has 1 saturated heterocycles. The molecule has 30 heavy (non-hydrogen) atoms. The van der Waals surface area contributed by atoms with Crippen molar-refractivity contribution in [3.8, 4) is 0 Å². The van der Waals surface area contributed by atoms with Crippen LogP contribution in [0.1, 0.15) is 12.6 Å². The first-order chi connectivity index (χ1) is 13.7. The van der Waals surface area contributed by atoms with Crippen molar-refractivity contribution >= 4 is 30.8 Å². The van der Waals surface area contributed by atoms with E-state index in [1.165, 1.54) is 0 Å². The molecule has 2 heterocycles. The fourth-order valence-electron chi connectivity index (χ4n) is 3.16. The van der Waals surface area contributed by atoms with Gasteiger partial charge in [-0.1, -0.05) is 0 Å². The summed E-state index contributed by atoms with van der Waals surface area (Å²) in [5, 5.41) is 0. The van der Waals surface area contributed by atoms with Crippen LogP contribution in [0.25, 0.3) is 0 Å². The number of hydrogen-bond donors (Lipinski definition) is 1. The van der Waals surface area contributed by atoms with Crippen molar-refractivity contribution < 1.29 is 18.4 Å². The summed E-state index contributed by atoms with van der Waals surface area (Å²) in [5.41, 5.74) is 3.59. The van der Waals surface area contributed by atoms with E-state index in [9.17, 15) is 0 Å². The average Bonchev–Trinajstić information content (AvgIpc) is 2.92. The third-order valence-electron chi connectivity index (χ3n) is 4.17. The van der Waals surface area contributed by atoms with Gasteiger partial charge in [0.2, 0.25) is 5.95 Å². The minimum atomic E-state index is -1.73. The summed E-state index contributed by atoms with van der Waals surface area (Å²) in [7, 11) is -3.46. The molecule has 11 heteroatoms. The fourth-order valence-corrected chi connectivity index (χ4v) is 5.79. The Bertz CT molecular complexity index is 769. The molecule has 0 spiro atoms. The van der Waals surface area contributed by atoms with Crippen LogP contribution in [-0.2, 0) is 18.4 Å². The van der Waals surface area contributed by atoms with E-state index in [2.05, 4.69) is 69.4 Å². The lowest BCUT2D eigenvalue weighted by molar-refractivity contribution is -0.0381. The maximum atomic E-state index is 6.47. The highest BCUT2D eigenvalue weighted by atomic mass is 28.4. The predicted molar refractivity (Wildman–Crippen MR) is 128 cm³/mol. The van der Waals surface area contributed by atoms with E-state index in [-0.39, 0.29) is 18.4 Å². The first-order valence-corrected chi connectivity index (χ1v) is 20.8. The Morgan fingerprint density at radius 3 is 2.33 bits per heavy atom. The zero-order valence-corrected chi connectivity index (χ0v) is 23.3. The first-order valence-electron chi connectivity index (χ1n) is 10.6. The van der Waals surface area contributed by atoms with Crippen LogP contribution in [0.2, 0.25) is 58.9 Å². The van der Waals surface area contributed by atoms with Crippen LogP contribution in [0, 0.1) is 0 Å². The summed E-state index contributed by atoms with van der Waals surface area (Å²) in [6, 6.07) is 1.93. The third kappa shape index (κ3) is 8.36. The number of nitrogens with zero attached hydrogens (tertiary/aromatic N) is 3. The van der Waals surface area contributed by atoms with Gasteiger partial charge in [0.05, 0.1) is 19.8 Å². The van der Waals surface area contributed by atoms with Gasteiger partial charge in [0, 0.05) is 12.6 Å². The van der Waals surface area contributed by atoms with Crippen LogP contribution < -0.4 is 11.0 Å². The highest BCUT2D eigenvalue weighted by Crippen LogP contribution is 2.34. The van der Waals surface area contributed by atoms with E-state index in [0.29, 0.717) is 18.0 Å². The van der Waals surface area contributed by atoms with E-state index >= 15 is 0 Å². The molecule has 2 rings (SSSR count). The molecule has 3 unspecified atom stereocenters. The number of aromatic nitrogens is 2. The van der Waals surface area contributed by atoms with Gasteiger partial charge in [-0.25, -0.2) is 5.48 Å². The van der Waals surface area contributed by atoms with Gasteiger partial charge in [0.1, 0.15) is 17.8 Å². The van der Waals surface area contributed by atoms with Gasteiger partial charge >= 0.3 is 0 Å². The van der Waals surface area contributed by atoms with E-state index in [0.717, 1.165) is 6.42 Å². The Morgan fingerprint density at radius 2 is 1.80 bits per heavy atom. The molecule has 0 bridgehead atoms. The zero-order chi connectivity index (χ0) is 22.7. The van der Waals surface area contributed by atoms with Crippen molar-refractivity contribution in [3.05, 3.63) is 17.8 Å². The van der Waals surface area contributed by atoms with Crippen molar-refractivity contribution in [2.75, 3.05) is 19.2 Å². The van der Waals surface area contributed by atoms with Crippen molar-refractivity contribution in [1.29, 1.82) is 0 Å². The SMILES string of the molecule is CONc1n/c(=N\[Si](C)(C)C)ccn1C1CC(O[Si](C)(C)C)C(CO[Si](C)(C)C)O1.